The van der Waals surface area contributed by atoms with Crippen LogP contribution in [-0.2, 0) is 4.74 Å². The average Bonchev–Trinajstić information content (AvgIpc) is 2.85. The summed E-state index contributed by atoms with van der Waals surface area (Å²) in [7, 11) is 0. The number of hydrogen-bond acceptors (Lipinski definition) is 2. The second-order valence-corrected chi connectivity index (χ2v) is 6.53. The Morgan fingerprint density at radius 3 is 2.36 bits per heavy atom. The minimum absolute atomic E-state index is 0.320. The molecule has 76 valence electrons. The minimum atomic E-state index is 0.320. The molecule has 2 nitrogen and oxygen atoms in total. The van der Waals surface area contributed by atoms with Crippen molar-refractivity contribution in [2.45, 2.75) is 6.10 Å². The van der Waals surface area contributed by atoms with Crippen molar-refractivity contribution in [1.82, 2.24) is 0 Å². The van der Waals surface area contributed by atoms with Gasteiger partial charge >= 0.3 is 0 Å². The first-order valence-corrected chi connectivity index (χ1v) is 7.29. The first-order valence-electron chi connectivity index (χ1n) is 4.06. The Labute approximate surface area is 124 Å². The summed E-state index contributed by atoms with van der Waals surface area (Å²) in [4.78, 5) is 0. The van der Waals surface area contributed by atoms with Crippen LogP contribution >= 0.6 is 67.8 Å². The van der Waals surface area contributed by atoms with Gasteiger partial charge in [0.2, 0.25) is 0 Å². The van der Waals surface area contributed by atoms with E-state index in [1.54, 1.807) is 0 Å². The highest BCUT2D eigenvalue weighted by molar-refractivity contribution is 14.1. The van der Waals surface area contributed by atoms with Crippen molar-refractivity contribution in [2.24, 2.45) is 0 Å². The fourth-order valence-electron chi connectivity index (χ4n) is 1.01. The zero-order valence-electron chi connectivity index (χ0n) is 7.10. The first kappa shape index (κ1) is 11.6. The molecule has 1 aliphatic rings. The summed E-state index contributed by atoms with van der Waals surface area (Å²) in [5, 5.41) is 0. The summed E-state index contributed by atoms with van der Waals surface area (Å²) in [6, 6.07) is 4.23. The van der Waals surface area contributed by atoms with Gasteiger partial charge in [-0.2, -0.15) is 0 Å². The zero-order chi connectivity index (χ0) is 10.1. The summed E-state index contributed by atoms with van der Waals surface area (Å²) in [5.41, 5.74) is 0. The smallest absolute Gasteiger partial charge is 0.146 e. The van der Waals surface area contributed by atoms with Crippen LogP contribution < -0.4 is 4.74 Å². The molecule has 1 aliphatic heterocycles. The highest BCUT2D eigenvalue weighted by atomic mass is 127. The van der Waals surface area contributed by atoms with E-state index >= 15 is 0 Å². The topological polar surface area (TPSA) is 21.8 Å². The van der Waals surface area contributed by atoms with Crippen LogP contribution in [0.25, 0.3) is 0 Å². The molecule has 1 aromatic carbocycles. The van der Waals surface area contributed by atoms with Gasteiger partial charge in [-0.25, -0.2) is 0 Å². The van der Waals surface area contributed by atoms with E-state index in [1.807, 2.05) is 0 Å². The van der Waals surface area contributed by atoms with Gasteiger partial charge < -0.3 is 9.47 Å². The van der Waals surface area contributed by atoms with Crippen LogP contribution in [0.4, 0.5) is 0 Å². The Hall–Kier alpha value is 1.17. The van der Waals surface area contributed by atoms with Gasteiger partial charge in [0.05, 0.1) is 13.7 Å². The Morgan fingerprint density at radius 1 is 1.29 bits per heavy atom. The molecule has 1 aromatic rings. The zero-order valence-corrected chi connectivity index (χ0v) is 13.6. The lowest BCUT2D eigenvalue weighted by molar-refractivity contribution is 0.260. The van der Waals surface area contributed by atoms with Gasteiger partial charge in [-0.1, -0.05) is 0 Å². The molecule has 0 aromatic heterocycles. The minimum Gasteiger partial charge on any atom is -0.489 e. The maximum absolute atomic E-state index is 5.70. The molecule has 1 heterocycles. The Bertz CT molecular complexity index is 327. The molecule has 2 rings (SSSR count). The molecule has 1 atom stereocenters. The van der Waals surface area contributed by atoms with Crippen molar-refractivity contribution >= 4 is 67.8 Å². The molecular formula is C9H7I3O2. The summed E-state index contributed by atoms with van der Waals surface area (Å²) in [5.74, 6) is 0.988. The number of benzene rings is 1. The van der Waals surface area contributed by atoms with Gasteiger partial charge in [-0.3, -0.25) is 0 Å². The molecule has 14 heavy (non-hydrogen) atoms. The number of ether oxygens (including phenoxy) is 2. The molecule has 0 N–H and O–H groups in total. The molecule has 0 unspecified atom stereocenters. The van der Waals surface area contributed by atoms with Crippen LogP contribution in [0.15, 0.2) is 12.1 Å². The molecule has 0 radical (unpaired) electrons. The van der Waals surface area contributed by atoms with Crippen LogP contribution in [0, 0.1) is 10.7 Å². The van der Waals surface area contributed by atoms with Gasteiger partial charge in [0.25, 0.3) is 0 Å². The summed E-state index contributed by atoms with van der Waals surface area (Å²) in [6.45, 7) is 1.52. The average molecular weight is 528 g/mol. The molecule has 0 aliphatic carbocycles. The summed E-state index contributed by atoms with van der Waals surface area (Å²) < 4.78 is 14.4. The van der Waals surface area contributed by atoms with E-state index in [0.717, 1.165) is 12.4 Å². The summed E-state index contributed by atoms with van der Waals surface area (Å²) >= 11 is 6.92. The van der Waals surface area contributed by atoms with Crippen molar-refractivity contribution in [3.8, 4) is 5.75 Å². The maximum atomic E-state index is 5.70. The van der Waals surface area contributed by atoms with Crippen LogP contribution in [0.5, 0.6) is 5.75 Å². The van der Waals surface area contributed by atoms with Crippen molar-refractivity contribution in [2.75, 3.05) is 13.2 Å². The molecule has 0 spiro atoms. The van der Waals surface area contributed by atoms with E-state index in [9.17, 15) is 0 Å². The lowest BCUT2D eigenvalue weighted by Crippen LogP contribution is -2.06. The molecule has 1 saturated heterocycles. The fourth-order valence-corrected chi connectivity index (χ4v) is 4.90. The van der Waals surface area contributed by atoms with E-state index in [0.29, 0.717) is 12.7 Å². The standard InChI is InChI=1S/C9H7I3O2/c10-5-1-7(11)9(8(12)2-5)14-4-6-3-13-6/h1-2,6H,3-4H2/t6-/m0/s1. The quantitative estimate of drug-likeness (QED) is 0.445. The van der Waals surface area contributed by atoms with E-state index in [2.05, 4.69) is 79.9 Å². The molecule has 1 fully saturated rings. The van der Waals surface area contributed by atoms with Crippen molar-refractivity contribution in [3.63, 3.8) is 0 Å². The maximum Gasteiger partial charge on any atom is 0.146 e. The summed E-state index contributed by atoms with van der Waals surface area (Å²) in [6.07, 6.45) is 0.320. The van der Waals surface area contributed by atoms with Crippen LogP contribution in [-0.4, -0.2) is 19.3 Å². The third kappa shape index (κ3) is 3.08. The monoisotopic (exact) mass is 528 g/mol. The van der Waals surface area contributed by atoms with Crippen molar-refractivity contribution in [3.05, 3.63) is 22.8 Å². The van der Waals surface area contributed by atoms with Crippen LogP contribution in [0.2, 0.25) is 0 Å². The third-order valence-electron chi connectivity index (χ3n) is 1.78. The second-order valence-electron chi connectivity index (χ2n) is 2.96. The predicted molar refractivity (Wildman–Crippen MR) is 79.8 cm³/mol. The molecule has 0 saturated carbocycles. The van der Waals surface area contributed by atoms with Crippen LogP contribution in [0.1, 0.15) is 0 Å². The van der Waals surface area contributed by atoms with Crippen molar-refractivity contribution in [1.29, 1.82) is 0 Å². The fraction of sp³-hybridized carbons (Fsp3) is 0.333. The van der Waals surface area contributed by atoms with E-state index in [-0.39, 0.29) is 0 Å². The van der Waals surface area contributed by atoms with Gasteiger partial charge in [-0.15, -0.1) is 0 Å². The normalized spacial score (nSPS) is 19.5. The van der Waals surface area contributed by atoms with Crippen molar-refractivity contribution < 1.29 is 9.47 Å². The highest BCUT2D eigenvalue weighted by Gasteiger charge is 2.24. The predicted octanol–water partition coefficient (Wildman–Crippen LogP) is 3.28. The Kier molecular flexibility index (Phi) is 4.16. The lowest BCUT2D eigenvalue weighted by Gasteiger charge is -2.09. The lowest BCUT2D eigenvalue weighted by atomic mass is 10.3. The van der Waals surface area contributed by atoms with E-state index in [1.165, 1.54) is 10.7 Å². The Balaban J connectivity index is 2.13. The van der Waals surface area contributed by atoms with E-state index in [4.69, 9.17) is 9.47 Å². The second kappa shape index (κ2) is 5.00. The van der Waals surface area contributed by atoms with Gasteiger partial charge in [0.15, 0.2) is 0 Å². The number of halogens is 3. The van der Waals surface area contributed by atoms with Gasteiger partial charge in [0.1, 0.15) is 18.5 Å². The third-order valence-corrected chi connectivity index (χ3v) is 4.00. The number of epoxide rings is 1. The van der Waals surface area contributed by atoms with Gasteiger partial charge in [0, 0.05) is 3.57 Å². The molecule has 0 bridgehead atoms. The number of hydrogen-bond donors (Lipinski definition) is 0. The first-order chi connectivity index (χ1) is 6.66. The van der Waals surface area contributed by atoms with Gasteiger partial charge in [-0.05, 0) is 79.9 Å². The number of rotatable bonds is 3. The van der Waals surface area contributed by atoms with E-state index < -0.39 is 0 Å². The highest BCUT2D eigenvalue weighted by Crippen LogP contribution is 2.30. The van der Waals surface area contributed by atoms with Crippen LogP contribution in [0.3, 0.4) is 0 Å². The Morgan fingerprint density at radius 2 is 1.86 bits per heavy atom. The molecule has 5 heteroatoms. The molecule has 0 amide bonds. The largest absolute Gasteiger partial charge is 0.489 e. The molecular weight excluding hydrogens is 521 g/mol. The SMILES string of the molecule is Ic1cc(I)c(OC[C@@H]2CO2)c(I)c1.